The lowest BCUT2D eigenvalue weighted by atomic mass is 9.74. The van der Waals surface area contributed by atoms with Crippen LogP contribution in [0.15, 0.2) is 24.3 Å². The molecule has 2 rings (SSSR count). The highest BCUT2D eigenvalue weighted by Crippen LogP contribution is 2.35. The second-order valence-electron chi connectivity index (χ2n) is 6.52. The monoisotopic (exact) mass is 386 g/mol. The molecule has 3 heteroatoms. The number of rotatable bonds is 5. The number of benzene rings is 1. The number of nitrogens with one attached hydrogen (secondary N) is 1. The van der Waals surface area contributed by atoms with Crippen molar-refractivity contribution in [3.05, 3.63) is 33.4 Å². The topological polar surface area (TPSA) is 38.0 Å². The molecule has 1 aromatic carbocycles. The van der Waals surface area contributed by atoms with E-state index in [0.717, 1.165) is 24.2 Å². The summed E-state index contributed by atoms with van der Waals surface area (Å²) in [6, 6.07) is 9.24. The molecule has 0 heterocycles. The van der Waals surface area contributed by atoms with E-state index in [1.165, 1.54) is 34.8 Å². The summed E-state index contributed by atoms with van der Waals surface area (Å²) < 4.78 is 1.29. The molecule has 112 valence electrons. The lowest BCUT2D eigenvalue weighted by molar-refractivity contribution is 0.188. The number of hydrogen-bond acceptors (Lipinski definition) is 2. The van der Waals surface area contributed by atoms with Gasteiger partial charge in [-0.1, -0.05) is 26.0 Å². The molecule has 1 fully saturated rings. The average Bonchev–Trinajstić information content (AvgIpc) is 2.47. The van der Waals surface area contributed by atoms with E-state index >= 15 is 0 Å². The molecule has 2 nitrogen and oxygen atoms in total. The second kappa shape index (κ2) is 7.76. The van der Waals surface area contributed by atoms with Crippen LogP contribution in [0.3, 0.4) is 0 Å². The summed E-state index contributed by atoms with van der Waals surface area (Å²) in [7, 11) is 0. The van der Waals surface area contributed by atoms with Gasteiger partial charge in [0, 0.05) is 9.61 Å². The first-order valence-corrected chi connectivity index (χ1v) is 8.88. The largest absolute Gasteiger partial charge is 0.271 e. The molecule has 0 aliphatic heterocycles. The third kappa shape index (κ3) is 4.43. The van der Waals surface area contributed by atoms with Crippen molar-refractivity contribution < 1.29 is 0 Å². The van der Waals surface area contributed by atoms with Gasteiger partial charge in [0.15, 0.2) is 0 Å². The molecule has 0 saturated heterocycles. The molecule has 3 N–H and O–H groups in total. The maximum Gasteiger partial charge on any atom is 0.0279 e. The smallest absolute Gasteiger partial charge is 0.0279 e. The van der Waals surface area contributed by atoms with Crippen LogP contribution < -0.4 is 11.3 Å². The Bertz CT molecular complexity index is 394. The van der Waals surface area contributed by atoms with Gasteiger partial charge in [0.2, 0.25) is 0 Å². The zero-order valence-corrected chi connectivity index (χ0v) is 14.8. The van der Waals surface area contributed by atoms with Crippen molar-refractivity contribution in [3.63, 3.8) is 0 Å². The molecule has 20 heavy (non-hydrogen) atoms. The van der Waals surface area contributed by atoms with Crippen LogP contribution in [0.2, 0.25) is 0 Å². The molecule has 1 unspecified atom stereocenters. The van der Waals surface area contributed by atoms with Gasteiger partial charge in [-0.2, -0.15) is 0 Å². The number of halogens is 1. The van der Waals surface area contributed by atoms with Crippen molar-refractivity contribution in [2.45, 2.75) is 52.0 Å². The lowest BCUT2D eigenvalue weighted by Gasteiger charge is -2.35. The van der Waals surface area contributed by atoms with Crippen LogP contribution in [0.25, 0.3) is 0 Å². The highest BCUT2D eigenvalue weighted by Gasteiger charge is 2.28. The summed E-state index contributed by atoms with van der Waals surface area (Å²) in [4.78, 5) is 0. The molecule has 0 bridgehead atoms. The molecule has 1 atom stereocenters. The Hall–Kier alpha value is -0.130. The summed E-state index contributed by atoms with van der Waals surface area (Å²) in [5.74, 6) is 8.30. The Morgan fingerprint density at radius 3 is 2.15 bits per heavy atom. The summed E-state index contributed by atoms with van der Waals surface area (Å²) in [5.41, 5.74) is 4.47. The predicted molar refractivity (Wildman–Crippen MR) is 94.3 cm³/mol. The fourth-order valence-electron chi connectivity index (χ4n) is 3.45. The molecular weight excluding hydrogens is 359 g/mol. The van der Waals surface area contributed by atoms with Crippen LogP contribution in [0.5, 0.6) is 0 Å². The van der Waals surface area contributed by atoms with Crippen molar-refractivity contribution >= 4 is 22.6 Å². The Kier molecular flexibility index (Phi) is 6.30. The van der Waals surface area contributed by atoms with E-state index in [-0.39, 0.29) is 0 Å². The van der Waals surface area contributed by atoms with Gasteiger partial charge in [-0.25, -0.2) is 0 Å². The Morgan fingerprint density at radius 2 is 1.65 bits per heavy atom. The third-order valence-electron chi connectivity index (χ3n) is 4.91. The van der Waals surface area contributed by atoms with E-state index in [2.05, 4.69) is 66.1 Å². The average molecular weight is 386 g/mol. The van der Waals surface area contributed by atoms with Gasteiger partial charge in [0.1, 0.15) is 0 Å². The second-order valence-corrected chi connectivity index (χ2v) is 7.77. The van der Waals surface area contributed by atoms with Gasteiger partial charge in [0.05, 0.1) is 0 Å². The minimum atomic E-state index is 0.420. The van der Waals surface area contributed by atoms with E-state index in [0.29, 0.717) is 6.04 Å². The number of nitrogens with two attached hydrogens (primary N) is 1. The predicted octanol–water partition coefficient (Wildman–Crippen LogP) is 4.13. The van der Waals surface area contributed by atoms with Gasteiger partial charge in [-0.15, -0.1) is 0 Å². The number of hydrazine groups is 1. The van der Waals surface area contributed by atoms with Gasteiger partial charge >= 0.3 is 0 Å². The molecule has 0 amide bonds. The highest BCUT2D eigenvalue weighted by molar-refractivity contribution is 14.1. The SMILES string of the molecule is CC(C)C1CCC(C(Cc2ccc(I)cc2)NN)CC1. The summed E-state index contributed by atoms with van der Waals surface area (Å²) >= 11 is 2.35. The maximum atomic E-state index is 5.82. The van der Waals surface area contributed by atoms with Crippen LogP contribution in [0, 0.1) is 21.3 Å². The normalized spacial score (nSPS) is 24.9. The van der Waals surface area contributed by atoms with E-state index in [9.17, 15) is 0 Å². The lowest BCUT2D eigenvalue weighted by Crippen LogP contribution is -2.44. The fraction of sp³-hybridized carbons (Fsp3) is 0.647. The van der Waals surface area contributed by atoms with Gasteiger partial charge in [-0.05, 0) is 90.1 Å². The zero-order chi connectivity index (χ0) is 14.5. The van der Waals surface area contributed by atoms with Crippen molar-refractivity contribution in [2.24, 2.45) is 23.6 Å². The van der Waals surface area contributed by atoms with Gasteiger partial charge in [-0.3, -0.25) is 11.3 Å². The van der Waals surface area contributed by atoms with E-state index in [1.54, 1.807) is 0 Å². The van der Waals surface area contributed by atoms with Gasteiger partial charge < -0.3 is 0 Å². The summed E-state index contributed by atoms with van der Waals surface area (Å²) in [6.07, 6.45) is 6.43. The van der Waals surface area contributed by atoms with Crippen LogP contribution in [0.1, 0.15) is 45.1 Å². The Morgan fingerprint density at radius 1 is 1.10 bits per heavy atom. The van der Waals surface area contributed by atoms with E-state index in [4.69, 9.17) is 5.84 Å². The molecule has 0 aromatic heterocycles. The standard InChI is InChI=1S/C17H27IN2/c1-12(2)14-5-7-15(8-6-14)17(20-19)11-13-3-9-16(18)10-4-13/h3-4,9-10,12,14-15,17,20H,5-8,11,19H2,1-2H3. The van der Waals surface area contributed by atoms with Crippen LogP contribution in [-0.2, 0) is 6.42 Å². The Balaban J connectivity index is 1.91. The molecule has 1 saturated carbocycles. The molecule has 1 aliphatic rings. The van der Waals surface area contributed by atoms with E-state index < -0.39 is 0 Å². The first-order chi connectivity index (χ1) is 9.60. The van der Waals surface area contributed by atoms with Crippen LogP contribution >= 0.6 is 22.6 Å². The minimum Gasteiger partial charge on any atom is -0.271 e. The van der Waals surface area contributed by atoms with Crippen molar-refractivity contribution in [3.8, 4) is 0 Å². The molecule has 1 aromatic rings. The molecule has 0 spiro atoms. The molecular formula is C17H27IN2. The first-order valence-electron chi connectivity index (χ1n) is 7.80. The maximum absolute atomic E-state index is 5.82. The third-order valence-corrected chi connectivity index (χ3v) is 5.63. The minimum absolute atomic E-state index is 0.420. The zero-order valence-electron chi connectivity index (χ0n) is 12.6. The fourth-order valence-corrected chi connectivity index (χ4v) is 3.81. The van der Waals surface area contributed by atoms with Crippen molar-refractivity contribution in [1.82, 2.24) is 5.43 Å². The quantitative estimate of drug-likeness (QED) is 0.454. The summed E-state index contributed by atoms with van der Waals surface area (Å²) in [6.45, 7) is 4.71. The van der Waals surface area contributed by atoms with Gasteiger partial charge in [0.25, 0.3) is 0 Å². The molecule has 0 radical (unpaired) electrons. The van der Waals surface area contributed by atoms with Crippen LogP contribution in [0.4, 0.5) is 0 Å². The van der Waals surface area contributed by atoms with E-state index in [1.807, 2.05) is 0 Å². The number of hydrogen-bond donors (Lipinski definition) is 2. The van der Waals surface area contributed by atoms with Crippen molar-refractivity contribution in [2.75, 3.05) is 0 Å². The first kappa shape index (κ1) is 16.2. The highest BCUT2D eigenvalue weighted by atomic mass is 127. The Labute approximate surface area is 137 Å². The summed E-state index contributed by atoms with van der Waals surface area (Å²) in [5, 5.41) is 0. The van der Waals surface area contributed by atoms with Crippen molar-refractivity contribution in [1.29, 1.82) is 0 Å². The molecule has 1 aliphatic carbocycles. The van der Waals surface area contributed by atoms with Crippen LogP contribution in [-0.4, -0.2) is 6.04 Å².